The molecule has 154 valence electrons. The summed E-state index contributed by atoms with van der Waals surface area (Å²) < 4.78 is 6.74. The van der Waals surface area contributed by atoms with Crippen LogP contribution in [0.3, 0.4) is 0 Å². The number of β-lactam (4-membered cyclic amide) rings is 1. The van der Waals surface area contributed by atoms with Crippen molar-refractivity contribution in [3.05, 3.63) is 35.8 Å². The second-order valence-electron chi connectivity index (χ2n) is 6.46. The molecule has 2 amide bonds. The fraction of sp³-hybridized carbons (Fsp3) is 0.389. The summed E-state index contributed by atoms with van der Waals surface area (Å²) in [6.45, 7) is 0.997. The normalized spacial score (nSPS) is 20.6. The van der Waals surface area contributed by atoms with Crippen molar-refractivity contribution in [1.29, 1.82) is 0 Å². The summed E-state index contributed by atoms with van der Waals surface area (Å²) in [5.41, 5.74) is 0.0180. The van der Waals surface area contributed by atoms with Gasteiger partial charge in [-0.3, -0.25) is 19.3 Å². The third kappa shape index (κ3) is 4.73. The van der Waals surface area contributed by atoms with E-state index in [4.69, 9.17) is 4.74 Å². The van der Waals surface area contributed by atoms with Crippen molar-refractivity contribution in [3.63, 3.8) is 0 Å². The Bertz CT molecular complexity index is 886. The van der Waals surface area contributed by atoms with Gasteiger partial charge in [0.05, 0.1) is 17.4 Å². The van der Waals surface area contributed by atoms with Crippen molar-refractivity contribution in [1.82, 2.24) is 10.2 Å². The first-order valence-electron chi connectivity index (χ1n) is 8.66. The number of carbonyl (C=O) groups is 4. The Hall–Kier alpha value is -2.53. The summed E-state index contributed by atoms with van der Waals surface area (Å²) in [5.74, 6) is -2.50. The Balaban J connectivity index is 1.61. The van der Waals surface area contributed by atoms with E-state index in [-0.39, 0.29) is 29.7 Å². The average molecular weight is 437 g/mol. The number of nitrogens with zero attached hydrogens (tertiary/aromatic N) is 2. The number of carboxylic acids is 1. The van der Waals surface area contributed by atoms with Crippen LogP contribution in [0.1, 0.15) is 6.92 Å². The van der Waals surface area contributed by atoms with Gasteiger partial charge in [0.15, 0.2) is 12.4 Å². The Labute approximate surface area is 175 Å². The standard InChI is InChI=1S/C18H19N3O6S2/c1-10(22)27-7-11-8-29-17-14(16(24)21(17)15(11)18(25)26)19-13(23)9-28-12-3-5-20(2)6-4-12/h3-6,14,17H,7-9H2,1-2H3,(H-,19,23,25,26). The number of aryl methyl sites for hydroxylation is 1. The van der Waals surface area contributed by atoms with Gasteiger partial charge in [-0.1, -0.05) is 0 Å². The van der Waals surface area contributed by atoms with E-state index >= 15 is 0 Å². The molecule has 1 fully saturated rings. The zero-order chi connectivity index (χ0) is 21.1. The number of aromatic nitrogens is 1. The van der Waals surface area contributed by atoms with E-state index in [2.05, 4.69) is 5.32 Å². The molecule has 2 atom stereocenters. The molecule has 1 saturated heterocycles. The Kier molecular flexibility index (Phi) is 6.48. The highest BCUT2D eigenvalue weighted by Gasteiger charge is 2.52. The summed E-state index contributed by atoms with van der Waals surface area (Å²) in [5, 5.41) is 13.7. The third-order valence-electron chi connectivity index (χ3n) is 4.32. The number of rotatable bonds is 7. The summed E-state index contributed by atoms with van der Waals surface area (Å²) in [6.07, 6.45) is 3.74. The van der Waals surface area contributed by atoms with E-state index in [1.165, 1.54) is 30.4 Å². The van der Waals surface area contributed by atoms with Crippen LogP contribution in [0.25, 0.3) is 0 Å². The smallest absolute Gasteiger partial charge is 0.302 e. The number of amides is 2. The molecule has 3 rings (SSSR count). The molecule has 0 saturated carbocycles. The summed E-state index contributed by atoms with van der Waals surface area (Å²) in [4.78, 5) is 49.3. The van der Waals surface area contributed by atoms with Crippen LogP contribution >= 0.6 is 23.5 Å². The molecule has 11 heteroatoms. The zero-order valence-corrected chi connectivity index (χ0v) is 17.4. The number of esters is 1. The van der Waals surface area contributed by atoms with E-state index in [1.54, 1.807) is 0 Å². The van der Waals surface area contributed by atoms with Crippen molar-refractivity contribution < 1.29 is 33.6 Å². The Morgan fingerprint density at radius 3 is 2.69 bits per heavy atom. The predicted octanol–water partition coefficient (Wildman–Crippen LogP) is -1.43. The molecule has 3 heterocycles. The van der Waals surface area contributed by atoms with Gasteiger partial charge in [-0.25, -0.2) is 4.57 Å². The van der Waals surface area contributed by atoms with Crippen LogP contribution in [-0.2, 0) is 31.0 Å². The van der Waals surface area contributed by atoms with E-state index in [1.807, 2.05) is 36.1 Å². The monoisotopic (exact) mass is 437 g/mol. The van der Waals surface area contributed by atoms with Crippen LogP contribution in [0.4, 0.5) is 0 Å². The lowest BCUT2D eigenvalue weighted by Crippen LogP contribution is -2.71. The topological polar surface area (TPSA) is 120 Å². The van der Waals surface area contributed by atoms with Crippen LogP contribution in [0.2, 0.25) is 0 Å². The van der Waals surface area contributed by atoms with Crippen LogP contribution in [0.5, 0.6) is 0 Å². The number of carbonyl (C=O) groups excluding carboxylic acids is 4. The van der Waals surface area contributed by atoms with E-state index in [9.17, 15) is 24.3 Å². The SMILES string of the molecule is CC(=O)OCC1=C(C(=O)[O-])N2C(=O)C(NC(=O)CSc3cc[n+](C)cc3)C2SC1. The number of carboxylic acid groups (broad SMARTS) is 1. The number of nitrogens with one attached hydrogen (secondary N) is 1. The van der Waals surface area contributed by atoms with Crippen molar-refractivity contribution in [2.45, 2.75) is 23.2 Å². The quantitative estimate of drug-likeness (QED) is 0.239. The molecular formula is C18H19N3O6S2. The maximum absolute atomic E-state index is 12.5. The lowest BCUT2D eigenvalue weighted by molar-refractivity contribution is -0.671. The van der Waals surface area contributed by atoms with Gasteiger partial charge in [-0.2, -0.15) is 0 Å². The van der Waals surface area contributed by atoms with Gasteiger partial charge in [0, 0.05) is 35.3 Å². The minimum absolute atomic E-state index is 0.135. The summed E-state index contributed by atoms with van der Waals surface area (Å²) in [7, 11) is 1.89. The van der Waals surface area contributed by atoms with Gasteiger partial charge in [-0.05, 0) is 0 Å². The molecule has 1 N–H and O–H groups in total. The summed E-state index contributed by atoms with van der Waals surface area (Å²) >= 11 is 2.64. The number of fused-ring (bicyclic) bond motifs is 1. The number of thioether (sulfide) groups is 2. The maximum Gasteiger partial charge on any atom is 0.302 e. The lowest BCUT2D eigenvalue weighted by atomic mass is 10.0. The highest BCUT2D eigenvalue weighted by Crippen LogP contribution is 2.40. The highest BCUT2D eigenvalue weighted by atomic mass is 32.2. The van der Waals surface area contributed by atoms with Crippen molar-refractivity contribution in [2.75, 3.05) is 18.1 Å². The molecule has 1 aromatic heterocycles. The number of aliphatic carboxylic acids is 1. The Morgan fingerprint density at radius 2 is 2.07 bits per heavy atom. The molecule has 2 aliphatic rings. The molecule has 2 aliphatic heterocycles. The van der Waals surface area contributed by atoms with Gasteiger partial charge in [0.2, 0.25) is 5.91 Å². The van der Waals surface area contributed by atoms with E-state index in [0.717, 1.165) is 9.80 Å². The van der Waals surface area contributed by atoms with Crippen molar-refractivity contribution in [2.24, 2.45) is 7.05 Å². The van der Waals surface area contributed by atoms with E-state index < -0.39 is 29.3 Å². The van der Waals surface area contributed by atoms with Crippen LogP contribution in [0.15, 0.2) is 40.7 Å². The van der Waals surface area contributed by atoms with Gasteiger partial charge in [-0.15, -0.1) is 23.5 Å². The second kappa shape index (κ2) is 8.87. The fourth-order valence-corrected chi connectivity index (χ4v) is 4.94. The lowest BCUT2D eigenvalue weighted by Gasteiger charge is -2.50. The predicted molar refractivity (Wildman–Crippen MR) is 102 cm³/mol. The minimum atomic E-state index is -1.51. The van der Waals surface area contributed by atoms with Gasteiger partial charge in [0.1, 0.15) is 25.1 Å². The first kappa shape index (κ1) is 21.2. The molecular weight excluding hydrogens is 418 g/mol. The zero-order valence-electron chi connectivity index (χ0n) is 15.7. The number of pyridine rings is 1. The van der Waals surface area contributed by atoms with Crippen LogP contribution in [0, 0.1) is 0 Å². The average Bonchev–Trinajstić information content (AvgIpc) is 2.69. The van der Waals surface area contributed by atoms with Gasteiger partial charge < -0.3 is 20.0 Å². The molecule has 9 nitrogen and oxygen atoms in total. The fourth-order valence-electron chi connectivity index (χ4n) is 2.92. The number of hydrogen-bond donors (Lipinski definition) is 1. The third-order valence-corrected chi connectivity index (χ3v) is 6.68. The molecule has 0 bridgehead atoms. The maximum atomic E-state index is 12.5. The molecule has 0 aromatic carbocycles. The minimum Gasteiger partial charge on any atom is -0.543 e. The van der Waals surface area contributed by atoms with Gasteiger partial charge >= 0.3 is 5.97 Å². The number of ether oxygens (including phenoxy) is 1. The molecule has 0 radical (unpaired) electrons. The van der Waals surface area contributed by atoms with E-state index in [0.29, 0.717) is 5.57 Å². The molecule has 29 heavy (non-hydrogen) atoms. The highest BCUT2D eigenvalue weighted by molar-refractivity contribution is 8.00. The van der Waals surface area contributed by atoms with Crippen LogP contribution in [-0.4, -0.2) is 58.2 Å². The van der Waals surface area contributed by atoms with Crippen molar-refractivity contribution >= 4 is 47.3 Å². The largest absolute Gasteiger partial charge is 0.543 e. The molecule has 2 unspecified atom stereocenters. The van der Waals surface area contributed by atoms with Gasteiger partial charge in [0.25, 0.3) is 5.91 Å². The second-order valence-corrected chi connectivity index (χ2v) is 8.62. The summed E-state index contributed by atoms with van der Waals surface area (Å²) in [6, 6.07) is 2.96. The number of hydrogen-bond acceptors (Lipinski definition) is 8. The molecule has 1 aromatic rings. The molecule has 0 spiro atoms. The van der Waals surface area contributed by atoms with Crippen LogP contribution < -0.4 is 15.0 Å². The Morgan fingerprint density at radius 1 is 1.38 bits per heavy atom. The van der Waals surface area contributed by atoms with Crippen molar-refractivity contribution in [3.8, 4) is 0 Å². The first-order valence-corrected chi connectivity index (χ1v) is 10.7. The molecule has 0 aliphatic carbocycles. The first-order chi connectivity index (χ1) is 13.8.